The number of carbonyl (C=O) groups excluding carboxylic acids is 1. The van der Waals surface area contributed by atoms with Crippen LogP contribution in [-0.2, 0) is 0 Å². The average Bonchev–Trinajstić information content (AvgIpc) is 2.82. The highest BCUT2D eigenvalue weighted by Crippen LogP contribution is 2.36. The van der Waals surface area contributed by atoms with Crippen molar-refractivity contribution in [1.82, 2.24) is 0 Å². The Balaban J connectivity index is 2.28. The minimum absolute atomic E-state index is 0.0206. The molecule has 0 saturated carbocycles. The van der Waals surface area contributed by atoms with Gasteiger partial charge >= 0.3 is 0 Å². The summed E-state index contributed by atoms with van der Waals surface area (Å²) in [6.07, 6.45) is 3.27. The van der Waals surface area contributed by atoms with Crippen molar-refractivity contribution >= 4 is 34.8 Å². The summed E-state index contributed by atoms with van der Waals surface area (Å²) in [4.78, 5) is 14.4. The Kier molecular flexibility index (Phi) is 5.27. The molecule has 0 aliphatic heterocycles. The van der Waals surface area contributed by atoms with Crippen LogP contribution in [0.1, 0.15) is 25.7 Å². The zero-order chi connectivity index (χ0) is 16.3. The molecule has 1 heterocycles. The molecule has 0 aliphatic carbocycles. The average molecular weight is 337 g/mol. The number of halogens is 1. The zero-order valence-electron chi connectivity index (χ0n) is 12.9. The Morgan fingerprint density at radius 3 is 2.45 bits per heavy atom. The molecule has 2 aromatic rings. The largest absolute Gasteiger partial charge is 0.493 e. The Morgan fingerprint density at radius 2 is 1.91 bits per heavy atom. The van der Waals surface area contributed by atoms with Crippen molar-refractivity contribution in [2.24, 2.45) is 0 Å². The van der Waals surface area contributed by atoms with Crippen LogP contribution >= 0.6 is 22.9 Å². The van der Waals surface area contributed by atoms with Crippen LogP contribution in [0.3, 0.4) is 0 Å². The van der Waals surface area contributed by atoms with Crippen molar-refractivity contribution in [2.75, 3.05) is 14.2 Å². The Morgan fingerprint density at radius 1 is 1.18 bits per heavy atom. The molecule has 116 valence electrons. The third kappa shape index (κ3) is 3.51. The van der Waals surface area contributed by atoms with Crippen molar-refractivity contribution in [3.63, 3.8) is 0 Å². The van der Waals surface area contributed by atoms with E-state index in [-0.39, 0.29) is 5.78 Å². The first-order valence-corrected chi connectivity index (χ1v) is 7.86. The van der Waals surface area contributed by atoms with Crippen molar-refractivity contribution in [3.8, 4) is 11.5 Å². The molecule has 0 unspecified atom stereocenters. The minimum Gasteiger partial charge on any atom is -0.493 e. The number of ether oxygens (including phenoxy) is 2. The highest BCUT2D eigenvalue weighted by atomic mass is 35.5. The quantitative estimate of drug-likeness (QED) is 0.573. The fourth-order valence-electron chi connectivity index (χ4n) is 2.17. The van der Waals surface area contributed by atoms with E-state index < -0.39 is 0 Å². The first kappa shape index (κ1) is 16.6. The number of allylic oxidation sites excluding steroid dienone is 1. The van der Waals surface area contributed by atoms with Crippen molar-refractivity contribution in [3.05, 3.63) is 50.2 Å². The molecule has 1 aromatic carbocycles. The van der Waals surface area contributed by atoms with Crippen molar-refractivity contribution in [2.45, 2.75) is 13.8 Å². The Hall–Kier alpha value is -1.78. The molecule has 0 aliphatic rings. The van der Waals surface area contributed by atoms with Gasteiger partial charge in [-0.3, -0.25) is 4.79 Å². The van der Waals surface area contributed by atoms with E-state index in [1.54, 1.807) is 42.7 Å². The van der Waals surface area contributed by atoms with E-state index in [1.165, 1.54) is 7.11 Å². The molecular weight excluding hydrogens is 320 g/mol. The van der Waals surface area contributed by atoms with Crippen molar-refractivity contribution < 1.29 is 14.3 Å². The third-order valence-corrected chi connectivity index (χ3v) is 4.44. The summed E-state index contributed by atoms with van der Waals surface area (Å²) < 4.78 is 10.4. The van der Waals surface area contributed by atoms with Gasteiger partial charge < -0.3 is 9.47 Å². The molecule has 0 amide bonds. The second-order valence-electron chi connectivity index (χ2n) is 4.76. The third-order valence-electron chi connectivity index (χ3n) is 3.19. The molecule has 0 N–H and O–H groups in total. The van der Waals surface area contributed by atoms with Gasteiger partial charge in [0.1, 0.15) is 0 Å². The number of hydrogen-bond acceptors (Lipinski definition) is 4. The first-order chi connectivity index (χ1) is 10.5. The summed E-state index contributed by atoms with van der Waals surface area (Å²) in [5, 5.41) is 0.441. The lowest BCUT2D eigenvalue weighted by Gasteiger charge is -2.10. The molecule has 2 rings (SSSR count). The molecule has 0 atom stereocenters. The lowest BCUT2D eigenvalue weighted by Crippen LogP contribution is -1.94. The highest BCUT2D eigenvalue weighted by Gasteiger charge is 2.11. The Bertz CT molecular complexity index is 732. The maximum Gasteiger partial charge on any atom is 0.186 e. The number of carbonyl (C=O) groups is 1. The van der Waals surface area contributed by atoms with E-state index in [0.717, 1.165) is 20.9 Å². The Labute approximate surface area is 139 Å². The number of hydrogen-bond donors (Lipinski definition) is 0. The standard InChI is InChI=1S/C17H17ClO3S/c1-10-7-13(11(2)22-10)15(19)6-5-12-8-14(18)17(21-4)16(9-12)20-3/h5-9H,1-4H3/b6-5+. The lowest BCUT2D eigenvalue weighted by atomic mass is 10.1. The number of aryl methyl sites for hydroxylation is 2. The predicted molar refractivity (Wildman–Crippen MR) is 91.7 cm³/mol. The maximum atomic E-state index is 12.2. The summed E-state index contributed by atoms with van der Waals surface area (Å²) in [5.74, 6) is 0.995. The summed E-state index contributed by atoms with van der Waals surface area (Å²) in [5.41, 5.74) is 1.52. The molecule has 0 fully saturated rings. The van der Waals surface area contributed by atoms with Gasteiger partial charge in [-0.15, -0.1) is 11.3 Å². The van der Waals surface area contributed by atoms with Gasteiger partial charge in [0.25, 0.3) is 0 Å². The van der Waals surface area contributed by atoms with Gasteiger partial charge in [-0.1, -0.05) is 17.7 Å². The molecular formula is C17H17ClO3S. The molecule has 0 bridgehead atoms. The van der Waals surface area contributed by atoms with Crippen LogP contribution in [0.4, 0.5) is 0 Å². The number of methoxy groups -OCH3 is 2. The summed E-state index contributed by atoms with van der Waals surface area (Å²) in [7, 11) is 3.08. The highest BCUT2D eigenvalue weighted by molar-refractivity contribution is 7.12. The van der Waals surface area contributed by atoms with Crippen LogP contribution in [0, 0.1) is 13.8 Å². The first-order valence-electron chi connectivity index (χ1n) is 6.67. The molecule has 0 radical (unpaired) electrons. The number of rotatable bonds is 5. The molecule has 5 heteroatoms. The van der Waals surface area contributed by atoms with Gasteiger partial charge in [0, 0.05) is 15.3 Å². The van der Waals surface area contributed by atoms with Gasteiger partial charge in [0.05, 0.1) is 19.2 Å². The minimum atomic E-state index is -0.0206. The molecule has 0 spiro atoms. The SMILES string of the molecule is COc1cc(/C=C/C(=O)c2cc(C)sc2C)cc(Cl)c1OC. The van der Waals surface area contributed by atoms with Gasteiger partial charge in [0.2, 0.25) is 0 Å². The van der Waals surface area contributed by atoms with E-state index in [2.05, 4.69) is 0 Å². The topological polar surface area (TPSA) is 35.5 Å². The number of ketones is 1. The molecule has 1 aromatic heterocycles. The monoisotopic (exact) mass is 336 g/mol. The molecule has 3 nitrogen and oxygen atoms in total. The predicted octanol–water partition coefficient (Wildman–Crippen LogP) is 4.93. The summed E-state index contributed by atoms with van der Waals surface area (Å²) in [6.45, 7) is 3.94. The normalized spacial score (nSPS) is 11.0. The summed E-state index contributed by atoms with van der Waals surface area (Å²) in [6, 6.07) is 5.42. The van der Waals surface area contributed by atoms with Crippen LogP contribution in [0.5, 0.6) is 11.5 Å². The van der Waals surface area contributed by atoms with Crippen LogP contribution in [-0.4, -0.2) is 20.0 Å². The lowest BCUT2D eigenvalue weighted by molar-refractivity contribution is 0.104. The zero-order valence-corrected chi connectivity index (χ0v) is 14.5. The van der Waals surface area contributed by atoms with Crippen LogP contribution in [0.2, 0.25) is 5.02 Å². The van der Waals surface area contributed by atoms with Crippen LogP contribution < -0.4 is 9.47 Å². The smallest absolute Gasteiger partial charge is 0.186 e. The van der Waals surface area contributed by atoms with Gasteiger partial charge in [0.15, 0.2) is 17.3 Å². The van der Waals surface area contributed by atoms with Crippen molar-refractivity contribution in [1.29, 1.82) is 0 Å². The van der Waals surface area contributed by atoms with E-state index in [0.29, 0.717) is 16.5 Å². The maximum absolute atomic E-state index is 12.2. The molecule has 22 heavy (non-hydrogen) atoms. The van der Waals surface area contributed by atoms with E-state index in [9.17, 15) is 4.79 Å². The van der Waals surface area contributed by atoms with E-state index >= 15 is 0 Å². The van der Waals surface area contributed by atoms with Gasteiger partial charge in [-0.25, -0.2) is 0 Å². The van der Waals surface area contributed by atoms with E-state index in [4.69, 9.17) is 21.1 Å². The number of benzene rings is 1. The molecule has 0 saturated heterocycles. The van der Waals surface area contributed by atoms with Gasteiger partial charge in [-0.2, -0.15) is 0 Å². The van der Waals surface area contributed by atoms with Crippen LogP contribution in [0.25, 0.3) is 6.08 Å². The van der Waals surface area contributed by atoms with Crippen LogP contribution in [0.15, 0.2) is 24.3 Å². The fourth-order valence-corrected chi connectivity index (χ4v) is 3.40. The number of thiophene rings is 1. The second-order valence-corrected chi connectivity index (χ2v) is 6.63. The fraction of sp³-hybridized carbons (Fsp3) is 0.235. The summed E-state index contributed by atoms with van der Waals surface area (Å²) >= 11 is 7.77. The second kappa shape index (κ2) is 6.99. The van der Waals surface area contributed by atoms with Gasteiger partial charge in [-0.05, 0) is 43.7 Å². The van der Waals surface area contributed by atoms with E-state index in [1.807, 2.05) is 19.9 Å².